The van der Waals surface area contributed by atoms with Crippen molar-refractivity contribution in [2.45, 2.75) is 58.8 Å². The van der Waals surface area contributed by atoms with Gasteiger partial charge in [-0.1, -0.05) is 29.7 Å². The molecule has 1 atom stereocenters. The third-order valence-corrected chi connectivity index (χ3v) is 7.24. The van der Waals surface area contributed by atoms with Crippen molar-refractivity contribution >= 4 is 23.4 Å². The smallest absolute Gasteiger partial charge is 0.259 e. The van der Waals surface area contributed by atoms with Crippen molar-refractivity contribution in [1.82, 2.24) is 15.0 Å². The molecular formula is C26H34ClN3O4. The van der Waals surface area contributed by atoms with E-state index in [2.05, 4.69) is 5.16 Å². The van der Waals surface area contributed by atoms with Crippen molar-refractivity contribution in [2.24, 2.45) is 5.41 Å². The topological polar surface area (TPSA) is 75.9 Å². The largest absolute Gasteiger partial charge is 0.493 e. The van der Waals surface area contributed by atoms with Crippen LogP contribution >= 0.6 is 11.6 Å². The highest BCUT2D eigenvalue weighted by Crippen LogP contribution is 2.37. The van der Waals surface area contributed by atoms with Crippen LogP contribution in [-0.2, 0) is 11.2 Å². The molecular weight excluding hydrogens is 454 g/mol. The van der Waals surface area contributed by atoms with Crippen LogP contribution in [0.15, 0.2) is 28.8 Å². The predicted octanol–water partition coefficient (Wildman–Crippen LogP) is 4.90. The zero-order valence-corrected chi connectivity index (χ0v) is 20.9. The van der Waals surface area contributed by atoms with Crippen LogP contribution in [0.1, 0.15) is 67.3 Å². The zero-order valence-electron chi connectivity index (χ0n) is 20.1. The minimum Gasteiger partial charge on any atom is -0.493 e. The Bertz CT molecular complexity index is 1020. The monoisotopic (exact) mass is 487 g/mol. The number of aromatic nitrogens is 1. The molecule has 2 saturated heterocycles. The number of aryl methyl sites for hydroxylation is 2. The Morgan fingerprint density at radius 1 is 1.15 bits per heavy atom. The first-order valence-electron chi connectivity index (χ1n) is 12.3. The van der Waals surface area contributed by atoms with E-state index in [1.54, 1.807) is 19.1 Å². The Hall–Kier alpha value is -2.54. The number of ether oxygens (including phenoxy) is 1. The van der Waals surface area contributed by atoms with E-state index in [-0.39, 0.29) is 11.8 Å². The maximum Gasteiger partial charge on any atom is 0.259 e. The van der Waals surface area contributed by atoms with Gasteiger partial charge in [-0.15, -0.1) is 0 Å². The van der Waals surface area contributed by atoms with E-state index in [0.29, 0.717) is 60.3 Å². The van der Waals surface area contributed by atoms with Crippen LogP contribution in [0.3, 0.4) is 0 Å². The predicted molar refractivity (Wildman–Crippen MR) is 130 cm³/mol. The quantitative estimate of drug-likeness (QED) is 0.555. The number of hydrogen-bond donors (Lipinski definition) is 0. The first-order chi connectivity index (χ1) is 16.4. The fourth-order valence-corrected chi connectivity index (χ4v) is 5.34. The van der Waals surface area contributed by atoms with Crippen LogP contribution in [0.4, 0.5) is 0 Å². The average Bonchev–Trinajstić information content (AvgIpc) is 3.23. The van der Waals surface area contributed by atoms with Gasteiger partial charge in [0.25, 0.3) is 5.91 Å². The van der Waals surface area contributed by atoms with Gasteiger partial charge in [-0.2, -0.15) is 0 Å². The van der Waals surface area contributed by atoms with Gasteiger partial charge in [0.15, 0.2) is 0 Å². The number of hydrogen-bond acceptors (Lipinski definition) is 5. The van der Waals surface area contributed by atoms with Crippen molar-refractivity contribution < 1.29 is 18.8 Å². The van der Waals surface area contributed by atoms with Crippen molar-refractivity contribution in [3.8, 4) is 5.75 Å². The fraction of sp³-hybridized carbons (Fsp3) is 0.577. The molecule has 0 saturated carbocycles. The minimum absolute atomic E-state index is 0.0761. The van der Waals surface area contributed by atoms with Crippen LogP contribution < -0.4 is 4.74 Å². The molecule has 0 radical (unpaired) electrons. The van der Waals surface area contributed by atoms with E-state index < -0.39 is 5.41 Å². The summed E-state index contributed by atoms with van der Waals surface area (Å²) in [6.07, 6.45) is 5.89. The molecule has 2 amide bonds. The van der Waals surface area contributed by atoms with Crippen LogP contribution in [0.5, 0.6) is 5.75 Å². The first kappa shape index (κ1) is 24.6. The lowest BCUT2D eigenvalue weighted by molar-refractivity contribution is -0.136. The highest BCUT2D eigenvalue weighted by Gasteiger charge is 2.42. The number of likely N-dealkylation sites (tertiary alicyclic amines) is 2. The second-order valence-electron chi connectivity index (χ2n) is 9.61. The zero-order chi connectivity index (χ0) is 24.1. The second-order valence-corrected chi connectivity index (χ2v) is 10.0. The molecule has 2 fully saturated rings. The molecule has 0 N–H and O–H groups in total. The third-order valence-electron chi connectivity index (χ3n) is 7.01. The Labute approximate surface area is 206 Å². The molecule has 7 nitrogen and oxygen atoms in total. The molecule has 1 aromatic carbocycles. The summed E-state index contributed by atoms with van der Waals surface area (Å²) >= 11 is 6.14. The average molecular weight is 488 g/mol. The normalized spacial score (nSPS) is 20.9. The molecule has 4 rings (SSSR count). The number of amides is 2. The van der Waals surface area contributed by atoms with Crippen LogP contribution in [0.25, 0.3) is 0 Å². The molecule has 3 heterocycles. The highest BCUT2D eigenvalue weighted by molar-refractivity contribution is 6.30. The molecule has 0 bridgehead atoms. The van der Waals surface area contributed by atoms with Crippen LogP contribution in [0.2, 0.25) is 5.02 Å². The highest BCUT2D eigenvalue weighted by atomic mass is 35.5. The lowest BCUT2D eigenvalue weighted by Gasteiger charge is -2.43. The summed E-state index contributed by atoms with van der Waals surface area (Å²) in [5.41, 5.74) is 0.761. The van der Waals surface area contributed by atoms with E-state index in [4.69, 9.17) is 20.9 Å². The molecule has 34 heavy (non-hydrogen) atoms. The van der Waals surface area contributed by atoms with Gasteiger partial charge >= 0.3 is 0 Å². The van der Waals surface area contributed by atoms with Gasteiger partial charge in [-0.25, -0.2) is 0 Å². The minimum atomic E-state index is -0.470. The summed E-state index contributed by atoms with van der Waals surface area (Å²) in [5, 5.41) is 4.66. The number of carbonyl (C=O) groups excluding carboxylic acids is 2. The number of nitrogens with zero attached hydrogens (tertiary/aromatic N) is 3. The van der Waals surface area contributed by atoms with Gasteiger partial charge in [0.2, 0.25) is 5.91 Å². The van der Waals surface area contributed by atoms with Gasteiger partial charge < -0.3 is 19.1 Å². The summed E-state index contributed by atoms with van der Waals surface area (Å²) in [4.78, 5) is 30.7. The van der Waals surface area contributed by atoms with E-state index in [1.165, 1.54) is 6.42 Å². The molecule has 1 aromatic heterocycles. The first-order valence-corrected chi connectivity index (χ1v) is 12.7. The lowest BCUT2D eigenvalue weighted by atomic mass is 9.77. The molecule has 2 aliphatic rings. The van der Waals surface area contributed by atoms with Crippen molar-refractivity contribution in [1.29, 1.82) is 0 Å². The molecule has 0 aliphatic carbocycles. The summed E-state index contributed by atoms with van der Waals surface area (Å²) in [7, 11) is 0. The standard InChI is InChI=1S/C26H34ClN3O4/c1-3-22-24(19(2)34-28-22)25(32)30-14-8-11-26(17-30,16-23(31)29-12-5-4-6-13-29)18-33-21-10-7-9-20(27)15-21/h7,9-10,15H,3-6,8,11-14,16-18H2,1-2H3/t26-/m0/s1. The maximum absolute atomic E-state index is 13.5. The number of halogens is 1. The number of piperidine rings is 2. The van der Waals surface area contributed by atoms with Gasteiger partial charge in [-0.3, -0.25) is 9.59 Å². The van der Waals surface area contributed by atoms with E-state index in [0.717, 1.165) is 38.8 Å². The number of rotatable bonds is 7. The third kappa shape index (κ3) is 5.57. The van der Waals surface area contributed by atoms with E-state index in [1.807, 2.05) is 28.9 Å². The maximum atomic E-state index is 13.5. The van der Waals surface area contributed by atoms with Crippen molar-refractivity contribution in [2.75, 3.05) is 32.8 Å². The Kier molecular flexibility index (Phi) is 7.81. The van der Waals surface area contributed by atoms with Gasteiger partial charge in [0.05, 0.1) is 12.3 Å². The van der Waals surface area contributed by atoms with Crippen LogP contribution in [0, 0.1) is 12.3 Å². The molecule has 2 aliphatic heterocycles. The number of carbonyl (C=O) groups is 2. The molecule has 184 valence electrons. The molecule has 8 heteroatoms. The summed E-state index contributed by atoms with van der Waals surface area (Å²) < 4.78 is 11.5. The van der Waals surface area contributed by atoms with Gasteiger partial charge in [-0.05, 0) is 63.6 Å². The number of benzene rings is 1. The lowest BCUT2D eigenvalue weighted by Crippen LogP contribution is -2.51. The molecule has 0 spiro atoms. The fourth-order valence-electron chi connectivity index (χ4n) is 5.16. The van der Waals surface area contributed by atoms with E-state index >= 15 is 0 Å². The Morgan fingerprint density at radius 2 is 1.91 bits per heavy atom. The Balaban J connectivity index is 1.56. The summed E-state index contributed by atoms with van der Waals surface area (Å²) in [6, 6.07) is 7.30. The molecule has 2 aromatic rings. The van der Waals surface area contributed by atoms with Crippen molar-refractivity contribution in [3.63, 3.8) is 0 Å². The summed E-state index contributed by atoms with van der Waals surface area (Å²) in [5.74, 6) is 1.29. The Morgan fingerprint density at radius 3 is 2.65 bits per heavy atom. The van der Waals surface area contributed by atoms with E-state index in [9.17, 15) is 9.59 Å². The van der Waals surface area contributed by atoms with Gasteiger partial charge in [0.1, 0.15) is 17.1 Å². The van der Waals surface area contributed by atoms with Crippen LogP contribution in [-0.4, -0.2) is 59.6 Å². The molecule has 0 unspecified atom stereocenters. The van der Waals surface area contributed by atoms with Crippen molar-refractivity contribution in [3.05, 3.63) is 46.3 Å². The van der Waals surface area contributed by atoms with Gasteiger partial charge in [0, 0.05) is 43.0 Å². The second kappa shape index (κ2) is 10.8. The summed E-state index contributed by atoms with van der Waals surface area (Å²) in [6.45, 7) is 6.81. The SMILES string of the molecule is CCc1noc(C)c1C(=O)N1CCC[C@](COc2cccc(Cl)c2)(CC(=O)N2CCCCC2)C1.